The summed E-state index contributed by atoms with van der Waals surface area (Å²) in [7, 11) is 0. The molecule has 4 fully saturated rings. The third kappa shape index (κ3) is 3.40. The zero-order chi connectivity index (χ0) is 22.8. The number of hydrogen-bond donors (Lipinski definition) is 1. The van der Waals surface area contributed by atoms with Gasteiger partial charge in [-0.3, -0.25) is 14.5 Å². The van der Waals surface area contributed by atoms with Crippen LogP contribution in [0.1, 0.15) is 78.1 Å². The Bertz CT molecular complexity index is 1050. The maximum absolute atomic E-state index is 13.6. The highest BCUT2D eigenvalue weighted by Gasteiger charge is 2.58. The van der Waals surface area contributed by atoms with E-state index >= 15 is 0 Å². The molecule has 33 heavy (non-hydrogen) atoms. The van der Waals surface area contributed by atoms with Crippen LogP contribution in [0.2, 0.25) is 0 Å². The molecule has 4 aliphatic rings. The minimum absolute atomic E-state index is 0.144. The van der Waals surface area contributed by atoms with Gasteiger partial charge in [-0.05, 0) is 105 Å². The highest BCUT2D eigenvalue weighted by atomic mass is 16.3. The van der Waals surface area contributed by atoms with Crippen molar-refractivity contribution in [3.8, 4) is 0 Å². The molecule has 4 aliphatic carbocycles. The summed E-state index contributed by atoms with van der Waals surface area (Å²) in [6.45, 7) is 4.96. The fourth-order valence-electron chi connectivity index (χ4n) is 9.11. The van der Waals surface area contributed by atoms with Gasteiger partial charge in [0, 0.05) is 17.5 Å². The van der Waals surface area contributed by atoms with Crippen LogP contribution in [0.15, 0.2) is 24.7 Å². The molecular weight excluding hydrogens is 410 g/mol. The normalized spacial score (nSPS) is 42.5. The van der Waals surface area contributed by atoms with Gasteiger partial charge in [0.1, 0.15) is 6.54 Å². The largest absolute Gasteiger partial charge is 0.390 e. The molecule has 2 aromatic rings. The number of nitrogens with zero attached hydrogens (tertiary/aromatic N) is 3. The van der Waals surface area contributed by atoms with Crippen LogP contribution in [-0.2, 0) is 11.3 Å². The Morgan fingerprint density at radius 2 is 1.94 bits per heavy atom. The highest BCUT2D eigenvalue weighted by Crippen LogP contribution is 2.64. The van der Waals surface area contributed by atoms with E-state index in [2.05, 4.69) is 23.9 Å². The van der Waals surface area contributed by atoms with Crippen molar-refractivity contribution >= 4 is 16.7 Å². The Balaban J connectivity index is 1.19. The summed E-state index contributed by atoms with van der Waals surface area (Å²) < 4.78 is 1.86. The molecule has 2 heterocycles. The fraction of sp³-hybridized carbons (Fsp3) is 0.750. The fourth-order valence-corrected chi connectivity index (χ4v) is 9.11. The van der Waals surface area contributed by atoms with E-state index < -0.39 is 5.60 Å². The number of aromatic nitrogens is 3. The molecular formula is C28H39N3O2. The van der Waals surface area contributed by atoms with Crippen LogP contribution in [0.5, 0.6) is 0 Å². The zero-order valence-corrected chi connectivity index (χ0v) is 20.2. The molecule has 4 saturated carbocycles. The van der Waals surface area contributed by atoms with Crippen molar-refractivity contribution < 1.29 is 9.90 Å². The third-order valence-electron chi connectivity index (χ3n) is 10.9. The lowest BCUT2D eigenvalue weighted by Gasteiger charge is -2.57. The van der Waals surface area contributed by atoms with Gasteiger partial charge in [0.15, 0.2) is 5.78 Å². The van der Waals surface area contributed by atoms with E-state index in [1.807, 2.05) is 23.1 Å². The second kappa shape index (κ2) is 7.90. The Labute approximate surface area is 197 Å². The Hall–Kier alpha value is -1.75. The molecule has 0 saturated heterocycles. The first-order valence-corrected chi connectivity index (χ1v) is 13.4. The highest BCUT2D eigenvalue weighted by molar-refractivity contribution is 5.84. The number of rotatable bonds is 4. The lowest BCUT2D eigenvalue weighted by molar-refractivity contribution is -0.133. The van der Waals surface area contributed by atoms with Crippen LogP contribution in [0, 0.1) is 40.9 Å². The Morgan fingerprint density at radius 3 is 2.79 bits per heavy atom. The second-order valence-corrected chi connectivity index (χ2v) is 12.1. The van der Waals surface area contributed by atoms with E-state index in [-0.39, 0.29) is 11.3 Å². The molecule has 0 bridgehead atoms. The summed E-state index contributed by atoms with van der Waals surface area (Å²) in [5.41, 5.74) is 0.691. The summed E-state index contributed by atoms with van der Waals surface area (Å²) in [5.74, 6) is 4.34. The van der Waals surface area contributed by atoms with Crippen molar-refractivity contribution in [2.24, 2.45) is 40.9 Å². The smallest absolute Gasteiger partial charge is 0.157 e. The van der Waals surface area contributed by atoms with E-state index in [4.69, 9.17) is 0 Å². The lowest BCUT2D eigenvalue weighted by atomic mass is 9.48. The molecule has 0 aromatic carbocycles. The van der Waals surface area contributed by atoms with Gasteiger partial charge in [-0.25, -0.2) is 0 Å². The predicted octanol–water partition coefficient (Wildman–Crippen LogP) is 5.41. The van der Waals surface area contributed by atoms with Crippen LogP contribution in [0.4, 0.5) is 0 Å². The number of hydrogen-bond acceptors (Lipinski definition) is 4. The number of pyridine rings is 1. The third-order valence-corrected chi connectivity index (χ3v) is 10.9. The first-order valence-electron chi connectivity index (χ1n) is 13.4. The summed E-state index contributed by atoms with van der Waals surface area (Å²) in [6.07, 6.45) is 16.9. The lowest BCUT2D eigenvalue weighted by Crippen LogP contribution is -2.51. The minimum Gasteiger partial charge on any atom is -0.390 e. The van der Waals surface area contributed by atoms with E-state index in [0.29, 0.717) is 18.2 Å². The first kappa shape index (κ1) is 21.8. The van der Waals surface area contributed by atoms with Gasteiger partial charge >= 0.3 is 0 Å². The van der Waals surface area contributed by atoms with Gasteiger partial charge in [0.2, 0.25) is 0 Å². The van der Waals surface area contributed by atoms with Gasteiger partial charge in [0.25, 0.3) is 0 Å². The SMILES string of the molecule is CCC1(O)CCC2C(CCC3C2CCC2(C)C(C(=O)Cn4ncc5ccncc54)CCC32)C1. The van der Waals surface area contributed by atoms with Gasteiger partial charge in [-0.1, -0.05) is 13.8 Å². The summed E-state index contributed by atoms with van der Waals surface area (Å²) in [6, 6.07) is 1.96. The van der Waals surface area contributed by atoms with Gasteiger partial charge in [-0.2, -0.15) is 5.10 Å². The topological polar surface area (TPSA) is 68.0 Å². The Morgan fingerprint density at radius 1 is 1.09 bits per heavy atom. The molecule has 178 valence electrons. The number of carbonyl (C=O) groups excluding carboxylic acids is 1. The van der Waals surface area contributed by atoms with Crippen LogP contribution in [-0.4, -0.2) is 31.3 Å². The zero-order valence-electron chi connectivity index (χ0n) is 20.2. The summed E-state index contributed by atoms with van der Waals surface area (Å²) in [5, 5.41) is 16.5. The molecule has 8 atom stereocenters. The number of ketones is 1. The van der Waals surface area contributed by atoms with E-state index in [9.17, 15) is 9.90 Å². The quantitative estimate of drug-likeness (QED) is 0.678. The van der Waals surface area contributed by atoms with E-state index in [1.54, 1.807) is 6.20 Å². The van der Waals surface area contributed by atoms with Crippen molar-refractivity contribution in [2.75, 3.05) is 0 Å². The molecule has 6 rings (SSSR count). The van der Waals surface area contributed by atoms with Crippen LogP contribution in [0.25, 0.3) is 10.9 Å². The number of Topliss-reactive ketones (excluding diaryl/α,β-unsaturated/α-hetero) is 1. The maximum Gasteiger partial charge on any atom is 0.157 e. The molecule has 8 unspecified atom stereocenters. The van der Waals surface area contributed by atoms with Crippen molar-refractivity contribution in [1.82, 2.24) is 14.8 Å². The van der Waals surface area contributed by atoms with Crippen LogP contribution >= 0.6 is 0 Å². The van der Waals surface area contributed by atoms with Gasteiger partial charge < -0.3 is 5.11 Å². The maximum atomic E-state index is 13.6. The van der Waals surface area contributed by atoms with Gasteiger partial charge in [0.05, 0.1) is 23.5 Å². The molecule has 0 spiro atoms. The molecule has 2 aromatic heterocycles. The van der Waals surface area contributed by atoms with Crippen LogP contribution in [0.3, 0.4) is 0 Å². The molecule has 1 N–H and O–H groups in total. The molecule has 5 heteroatoms. The second-order valence-electron chi connectivity index (χ2n) is 12.1. The number of fused-ring (bicyclic) bond motifs is 6. The van der Waals surface area contributed by atoms with Crippen molar-refractivity contribution in [2.45, 2.75) is 90.2 Å². The minimum atomic E-state index is -0.408. The van der Waals surface area contributed by atoms with Gasteiger partial charge in [-0.15, -0.1) is 0 Å². The predicted molar refractivity (Wildman–Crippen MR) is 128 cm³/mol. The number of carbonyl (C=O) groups is 1. The van der Waals surface area contributed by atoms with Crippen molar-refractivity contribution in [3.05, 3.63) is 24.7 Å². The molecule has 0 radical (unpaired) electrons. The standard InChI is InChI=1S/C28H39N3O2/c1-3-28(33)12-9-20-18(14-28)4-5-22-21(20)8-11-27(2)23(22)6-7-24(27)26(32)17-31-25-16-29-13-10-19(25)15-30-31/h10,13,15-16,18,20-24,33H,3-9,11-12,14,17H2,1-2H3. The Kier molecular flexibility index (Phi) is 5.21. The van der Waals surface area contributed by atoms with Crippen molar-refractivity contribution in [3.63, 3.8) is 0 Å². The molecule has 5 nitrogen and oxygen atoms in total. The average molecular weight is 450 g/mol. The van der Waals surface area contributed by atoms with Crippen LogP contribution < -0.4 is 0 Å². The van der Waals surface area contributed by atoms with E-state index in [1.165, 1.54) is 38.5 Å². The van der Waals surface area contributed by atoms with Crippen molar-refractivity contribution in [1.29, 1.82) is 0 Å². The summed E-state index contributed by atoms with van der Waals surface area (Å²) in [4.78, 5) is 17.8. The first-order chi connectivity index (χ1) is 15.9. The number of aliphatic hydroxyl groups is 1. The molecule has 0 amide bonds. The monoisotopic (exact) mass is 449 g/mol. The van der Waals surface area contributed by atoms with E-state index in [0.717, 1.165) is 60.3 Å². The summed E-state index contributed by atoms with van der Waals surface area (Å²) >= 11 is 0. The average Bonchev–Trinajstić information content (AvgIpc) is 3.39. The molecule has 0 aliphatic heterocycles.